The van der Waals surface area contributed by atoms with Crippen LogP contribution in [0, 0.1) is 5.82 Å². The van der Waals surface area contributed by atoms with Crippen molar-refractivity contribution in [2.24, 2.45) is 0 Å². The summed E-state index contributed by atoms with van der Waals surface area (Å²) in [6, 6.07) is 6.28. The van der Waals surface area contributed by atoms with Crippen molar-refractivity contribution in [3.8, 4) is 0 Å². The van der Waals surface area contributed by atoms with Gasteiger partial charge >= 0.3 is 8.80 Å². The Kier molecular flexibility index (Phi) is 7.57. The minimum atomic E-state index is -3.74. The molecular weight excluding hydrogens is 335 g/mol. The van der Waals surface area contributed by atoms with Crippen LogP contribution in [0.4, 0.5) is 4.39 Å². The Bertz CT molecular complexity index is 546. The molecule has 1 aromatic carbocycles. The molecule has 1 rings (SSSR count). The van der Waals surface area contributed by atoms with Gasteiger partial charge in [-0.2, -0.15) is 0 Å². The van der Waals surface area contributed by atoms with Crippen molar-refractivity contribution in [1.82, 2.24) is 0 Å². The quantitative estimate of drug-likeness (QED) is 0.526. The van der Waals surface area contributed by atoms with E-state index in [0.717, 1.165) is 26.3 Å². The van der Waals surface area contributed by atoms with Crippen molar-refractivity contribution in [2.45, 2.75) is 46.1 Å². The molecule has 132 valence electrons. The fraction of sp³-hybridized carbons (Fsp3) is 0.438. The Balaban J connectivity index is 2.68. The third kappa shape index (κ3) is 7.36. The van der Waals surface area contributed by atoms with Crippen molar-refractivity contribution in [3.63, 3.8) is 0 Å². The maximum absolute atomic E-state index is 12.9. The molecule has 0 saturated heterocycles. The summed E-state index contributed by atoms with van der Waals surface area (Å²) in [4.78, 5) is 33.9. The number of carbonyl (C=O) groups excluding carboxylic acids is 3. The van der Waals surface area contributed by atoms with E-state index >= 15 is 0 Å². The Hall–Kier alpha value is -2.22. The number of rotatable bonds is 8. The number of hydrogen-bond acceptors (Lipinski definition) is 6. The second kappa shape index (κ2) is 9.17. The van der Waals surface area contributed by atoms with Crippen LogP contribution in [0.15, 0.2) is 24.3 Å². The van der Waals surface area contributed by atoms with Gasteiger partial charge in [-0.1, -0.05) is 12.1 Å². The Morgan fingerprint density at radius 3 is 1.75 bits per heavy atom. The maximum atomic E-state index is 12.9. The van der Waals surface area contributed by atoms with Crippen LogP contribution in [0.1, 0.15) is 39.2 Å². The smallest absolute Gasteiger partial charge is 0.455 e. The van der Waals surface area contributed by atoms with Crippen molar-refractivity contribution in [2.75, 3.05) is 0 Å². The molecule has 8 heteroatoms. The topological polar surface area (TPSA) is 78.9 Å². The van der Waals surface area contributed by atoms with Gasteiger partial charge in [0.15, 0.2) is 0 Å². The number of hydrogen-bond donors (Lipinski definition) is 0. The van der Waals surface area contributed by atoms with E-state index in [0.29, 0.717) is 19.3 Å². The largest absolute Gasteiger partial charge is 0.705 e. The second-order valence-electron chi connectivity index (χ2n) is 5.30. The average molecular weight is 356 g/mol. The molecule has 0 radical (unpaired) electrons. The zero-order valence-corrected chi connectivity index (χ0v) is 15.0. The first-order valence-corrected chi connectivity index (χ1v) is 9.49. The molecule has 0 aliphatic carbocycles. The highest BCUT2D eigenvalue weighted by Gasteiger charge is 2.51. The number of unbranched alkanes of at least 4 members (excludes halogenated alkanes) is 1. The van der Waals surface area contributed by atoms with Crippen LogP contribution < -0.4 is 0 Å². The van der Waals surface area contributed by atoms with Gasteiger partial charge in [0.25, 0.3) is 17.9 Å². The van der Waals surface area contributed by atoms with Gasteiger partial charge in [0, 0.05) is 20.8 Å². The lowest BCUT2D eigenvalue weighted by Gasteiger charge is -2.26. The third-order valence-electron chi connectivity index (χ3n) is 3.01. The van der Waals surface area contributed by atoms with Gasteiger partial charge in [-0.3, -0.25) is 14.4 Å². The monoisotopic (exact) mass is 356 g/mol. The highest BCUT2D eigenvalue weighted by atomic mass is 28.4. The predicted molar refractivity (Wildman–Crippen MR) is 85.2 cm³/mol. The van der Waals surface area contributed by atoms with Crippen molar-refractivity contribution >= 4 is 26.7 Å². The molecule has 0 aliphatic heterocycles. The van der Waals surface area contributed by atoms with Crippen LogP contribution >= 0.6 is 0 Å². The lowest BCUT2D eigenvalue weighted by atomic mass is 10.1. The summed E-state index contributed by atoms with van der Waals surface area (Å²) in [6.45, 7) is 3.48. The summed E-state index contributed by atoms with van der Waals surface area (Å²) < 4.78 is 28.1. The fourth-order valence-corrected chi connectivity index (χ4v) is 4.62. The van der Waals surface area contributed by atoms with Gasteiger partial charge < -0.3 is 13.3 Å². The van der Waals surface area contributed by atoms with E-state index in [4.69, 9.17) is 13.3 Å². The Morgan fingerprint density at radius 1 is 0.875 bits per heavy atom. The zero-order chi connectivity index (χ0) is 18.2. The first-order valence-electron chi connectivity index (χ1n) is 7.55. The lowest BCUT2D eigenvalue weighted by Crippen LogP contribution is -2.49. The van der Waals surface area contributed by atoms with E-state index in [2.05, 4.69) is 0 Å². The number of halogens is 1. The number of carbonyl (C=O) groups is 3. The molecule has 0 aliphatic rings. The standard InChI is InChI=1S/C16H21FO6Si/c1-12(18)21-24(22-13(2)19,23-14(3)20)11-5-4-6-15-7-9-16(17)10-8-15/h7-10H,4-6,11H2,1-3H3. The summed E-state index contributed by atoms with van der Waals surface area (Å²) in [6.07, 6.45) is 1.85. The van der Waals surface area contributed by atoms with Crippen molar-refractivity contribution in [3.05, 3.63) is 35.6 Å². The Labute approximate surface area is 141 Å². The minimum Gasteiger partial charge on any atom is -0.455 e. The van der Waals surface area contributed by atoms with Gasteiger partial charge in [-0.15, -0.1) is 0 Å². The summed E-state index contributed by atoms with van der Waals surface area (Å²) in [5.41, 5.74) is 0.955. The van der Waals surface area contributed by atoms with Crippen molar-refractivity contribution in [1.29, 1.82) is 0 Å². The SMILES string of the molecule is CC(=O)O[Si](CCCCc1ccc(F)cc1)(OC(C)=O)OC(C)=O. The summed E-state index contributed by atoms with van der Waals surface area (Å²) in [5, 5.41) is 0. The molecular formula is C16H21FO6Si. The van der Waals surface area contributed by atoms with Crippen LogP contribution in [-0.4, -0.2) is 26.7 Å². The van der Waals surface area contributed by atoms with Crippen LogP contribution in [0.25, 0.3) is 0 Å². The van der Waals surface area contributed by atoms with E-state index in [-0.39, 0.29) is 11.9 Å². The Morgan fingerprint density at radius 2 is 1.33 bits per heavy atom. The predicted octanol–water partition coefficient (Wildman–Crippen LogP) is 2.78. The molecule has 0 saturated carbocycles. The molecule has 0 aromatic heterocycles. The summed E-state index contributed by atoms with van der Waals surface area (Å²) in [7, 11) is -3.74. The van der Waals surface area contributed by atoms with E-state index in [9.17, 15) is 18.8 Å². The molecule has 0 atom stereocenters. The average Bonchev–Trinajstić information content (AvgIpc) is 2.43. The van der Waals surface area contributed by atoms with E-state index in [1.165, 1.54) is 12.1 Å². The van der Waals surface area contributed by atoms with Gasteiger partial charge in [0.2, 0.25) is 0 Å². The molecule has 0 unspecified atom stereocenters. The van der Waals surface area contributed by atoms with Crippen LogP contribution in [0.2, 0.25) is 6.04 Å². The molecule has 6 nitrogen and oxygen atoms in total. The third-order valence-corrected chi connectivity index (χ3v) is 5.77. The molecule has 0 N–H and O–H groups in total. The van der Waals surface area contributed by atoms with E-state index in [1.807, 2.05) is 0 Å². The second-order valence-corrected chi connectivity index (χ2v) is 7.78. The lowest BCUT2D eigenvalue weighted by molar-refractivity contribution is -0.147. The van der Waals surface area contributed by atoms with Gasteiger partial charge in [-0.25, -0.2) is 4.39 Å². The number of aryl methyl sites for hydroxylation is 1. The molecule has 0 fully saturated rings. The first kappa shape index (κ1) is 19.8. The van der Waals surface area contributed by atoms with Gasteiger partial charge in [-0.05, 0) is 37.0 Å². The molecule has 24 heavy (non-hydrogen) atoms. The zero-order valence-electron chi connectivity index (χ0n) is 14.0. The highest BCUT2D eigenvalue weighted by Crippen LogP contribution is 2.21. The normalized spacial score (nSPS) is 10.8. The molecule has 0 bridgehead atoms. The summed E-state index contributed by atoms with van der Waals surface area (Å²) in [5.74, 6) is -2.34. The van der Waals surface area contributed by atoms with E-state index in [1.54, 1.807) is 12.1 Å². The molecule has 0 amide bonds. The number of benzene rings is 1. The molecule has 1 aromatic rings. The van der Waals surface area contributed by atoms with E-state index < -0.39 is 26.7 Å². The van der Waals surface area contributed by atoms with Crippen LogP contribution in [0.3, 0.4) is 0 Å². The van der Waals surface area contributed by atoms with Gasteiger partial charge in [0.1, 0.15) is 5.82 Å². The summed E-state index contributed by atoms with van der Waals surface area (Å²) >= 11 is 0. The minimum absolute atomic E-state index is 0.146. The highest BCUT2D eigenvalue weighted by molar-refractivity contribution is 6.65. The fourth-order valence-electron chi connectivity index (χ4n) is 2.19. The van der Waals surface area contributed by atoms with Gasteiger partial charge in [0.05, 0.1) is 6.04 Å². The molecule has 0 heterocycles. The molecule has 0 spiro atoms. The van der Waals surface area contributed by atoms with Crippen LogP contribution in [0.5, 0.6) is 0 Å². The maximum Gasteiger partial charge on any atom is 0.705 e. The van der Waals surface area contributed by atoms with Crippen LogP contribution in [-0.2, 0) is 34.1 Å². The first-order chi connectivity index (χ1) is 11.2. The van der Waals surface area contributed by atoms with Crippen molar-refractivity contribution < 1.29 is 32.1 Å².